The zero-order valence-corrected chi connectivity index (χ0v) is 18.8. The summed E-state index contributed by atoms with van der Waals surface area (Å²) in [5.41, 5.74) is 6.59. The average molecular weight is 435 g/mol. The summed E-state index contributed by atoms with van der Waals surface area (Å²) in [5, 5.41) is 2.82. The molecule has 0 aromatic heterocycles. The Bertz CT molecular complexity index is 792. The predicted octanol–water partition coefficient (Wildman–Crippen LogP) is 2.60. The van der Waals surface area contributed by atoms with E-state index >= 15 is 0 Å². The molecular formula is C23H35FN4O3. The van der Waals surface area contributed by atoms with E-state index in [2.05, 4.69) is 31.0 Å². The van der Waals surface area contributed by atoms with Gasteiger partial charge in [-0.2, -0.15) is 0 Å². The molecule has 7 nitrogen and oxygen atoms in total. The molecule has 2 aliphatic rings. The molecule has 1 atom stereocenters. The van der Waals surface area contributed by atoms with Crippen LogP contribution in [0.1, 0.15) is 40.0 Å². The lowest BCUT2D eigenvalue weighted by Crippen LogP contribution is -2.53. The monoisotopic (exact) mass is 434 g/mol. The number of nitrogens with zero attached hydrogens (tertiary/aromatic N) is 2. The second-order valence-corrected chi connectivity index (χ2v) is 9.79. The molecule has 0 unspecified atom stereocenters. The van der Waals surface area contributed by atoms with Gasteiger partial charge in [0.15, 0.2) is 0 Å². The molecule has 3 N–H and O–H groups in total. The van der Waals surface area contributed by atoms with E-state index in [-0.39, 0.29) is 36.1 Å². The van der Waals surface area contributed by atoms with E-state index in [4.69, 9.17) is 10.5 Å². The van der Waals surface area contributed by atoms with Crippen LogP contribution in [0.2, 0.25) is 0 Å². The number of amides is 2. The highest BCUT2D eigenvalue weighted by Crippen LogP contribution is 2.30. The van der Waals surface area contributed by atoms with Crippen molar-refractivity contribution in [3.05, 3.63) is 24.0 Å². The van der Waals surface area contributed by atoms with Crippen molar-refractivity contribution >= 4 is 23.2 Å². The van der Waals surface area contributed by atoms with E-state index in [1.165, 1.54) is 36.3 Å². The zero-order chi connectivity index (χ0) is 22.6. The molecule has 1 aliphatic carbocycles. The summed E-state index contributed by atoms with van der Waals surface area (Å²) in [7, 11) is 0. The molecule has 172 valence electrons. The number of benzene rings is 1. The lowest BCUT2D eigenvalue weighted by atomic mass is 9.84. The van der Waals surface area contributed by atoms with E-state index in [0.29, 0.717) is 24.8 Å². The molecule has 1 saturated carbocycles. The fourth-order valence-corrected chi connectivity index (χ4v) is 4.14. The summed E-state index contributed by atoms with van der Waals surface area (Å²) in [6.07, 6.45) is 3.61. The van der Waals surface area contributed by atoms with Crippen molar-refractivity contribution in [2.75, 3.05) is 49.6 Å². The fraction of sp³-hybridized carbons (Fsp3) is 0.652. The molecular weight excluding hydrogens is 399 g/mol. The molecule has 1 aromatic rings. The predicted molar refractivity (Wildman–Crippen MR) is 119 cm³/mol. The van der Waals surface area contributed by atoms with Gasteiger partial charge in [-0.3, -0.25) is 14.5 Å². The number of carbonyl (C=O) groups is 2. The van der Waals surface area contributed by atoms with Crippen LogP contribution in [-0.4, -0.2) is 62.1 Å². The molecule has 31 heavy (non-hydrogen) atoms. The standard InChI is InChI=1S/C23H35FN4O3/c1-23(2,3)15-27(13-16-5-4-6-16)20(12-25)22(30)26-17-7-8-19(18(24)11-17)28-9-10-31-14-21(28)29/h7-8,11,16,20H,4-6,9-10,12-15,25H2,1-3H3,(H,26,30)/t20-/m0/s1. The number of morpholine rings is 1. The number of hydrogen-bond donors (Lipinski definition) is 2. The third-order valence-corrected chi connectivity index (χ3v) is 5.85. The van der Waals surface area contributed by atoms with Crippen LogP contribution in [0.3, 0.4) is 0 Å². The molecule has 1 aliphatic heterocycles. The number of nitrogens with one attached hydrogen (secondary N) is 1. The van der Waals surface area contributed by atoms with Gasteiger partial charge in [0.1, 0.15) is 18.5 Å². The van der Waals surface area contributed by atoms with Gasteiger partial charge in [0, 0.05) is 31.9 Å². The minimum Gasteiger partial charge on any atom is -0.370 e. The van der Waals surface area contributed by atoms with Gasteiger partial charge in [-0.1, -0.05) is 27.2 Å². The van der Waals surface area contributed by atoms with E-state index in [0.717, 1.165) is 13.1 Å². The van der Waals surface area contributed by atoms with Gasteiger partial charge in [0.2, 0.25) is 5.91 Å². The van der Waals surface area contributed by atoms with Gasteiger partial charge in [-0.25, -0.2) is 4.39 Å². The number of anilines is 2. The van der Waals surface area contributed by atoms with Crippen molar-refractivity contribution in [1.29, 1.82) is 0 Å². The Morgan fingerprint density at radius 1 is 1.39 bits per heavy atom. The van der Waals surface area contributed by atoms with Gasteiger partial charge in [0.25, 0.3) is 5.91 Å². The summed E-state index contributed by atoms with van der Waals surface area (Å²) in [5.74, 6) is -0.468. The summed E-state index contributed by atoms with van der Waals surface area (Å²) >= 11 is 0. The summed E-state index contributed by atoms with van der Waals surface area (Å²) in [6, 6.07) is 3.91. The van der Waals surface area contributed by atoms with Crippen LogP contribution in [-0.2, 0) is 14.3 Å². The molecule has 1 saturated heterocycles. The van der Waals surface area contributed by atoms with Crippen LogP contribution in [0.25, 0.3) is 0 Å². The Labute approximate surface area is 184 Å². The van der Waals surface area contributed by atoms with Crippen LogP contribution < -0.4 is 16.0 Å². The highest BCUT2D eigenvalue weighted by Gasteiger charge is 2.32. The zero-order valence-electron chi connectivity index (χ0n) is 18.8. The minimum atomic E-state index is -0.557. The van der Waals surface area contributed by atoms with Crippen molar-refractivity contribution in [3.63, 3.8) is 0 Å². The molecule has 8 heteroatoms. The van der Waals surface area contributed by atoms with Gasteiger partial charge in [-0.15, -0.1) is 0 Å². The Kier molecular flexibility index (Phi) is 7.67. The lowest BCUT2D eigenvalue weighted by Gasteiger charge is -2.39. The maximum absolute atomic E-state index is 14.7. The Hall–Kier alpha value is -2.03. The topological polar surface area (TPSA) is 87.9 Å². The highest BCUT2D eigenvalue weighted by atomic mass is 19.1. The molecule has 3 rings (SSSR count). The summed E-state index contributed by atoms with van der Waals surface area (Å²) < 4.78 is 19.8. The van der Waals surface area contributed by atoms with Gasteiger partial charge >= 0.3 is 0 Å². The van der Waals surface area contributed by atoms with Crippen LogP contribution >= 0.6 is 0 Å². The molecule has 1 aromatic carbocycles. The van der Waals surface area contributed by atoms with E-state index in [1.54, 1.807) is 6.07 Å². The number of hydrogen-bond acceptors (Lipinski definition) is 5. The van der Waals surface area contributed by atoms with Crippen LogP contribution in [0.4, 0.5) is 15.8 Å². The second kappa shape index (κ2) is 10.1. The quantitative estimate of drug-likeness (QED) is 0.657. The Balaban J connectivity index is 1.71. The van der Waals surface area contributed by atoms with Crippen molar-refractivity contribution < 1.29 is 18.7 Å². The number of nitrogens with two attached hydrogens (primary N) is 1. The Morgan fingerprint density at radius 3 is 2.68 bits per heavy atom. The molecule has 0 spiro atoms. The highest BCUT2D eigenvalue weighted by molar-refractivity contribution is 5.97. The van der Waals surface area contributed by atoms with Crippen LogP contribution in [0, 0.1) is 17.2 Å². The minimum absolute atomic E-state index is 0.0237. The largest absolute Gasteiger partial charge is 0.370 e. The van der Waals surface area contributed by atoms with Crippen LogP contribution in [0.15, 0.2) is 18.2 Å². The van der Waals surface area contributed by atoms with E-state index < -0.39 is 11.9 Å². The van der Waals surface area contributed by atoms with Gasteiger partial charge in [0.05, 0.1) is 12.3 Å². The first-order valence-electron chi connectivity index (χ1n) is 11.1. The van der Waals surface area contributed by atoms with E-state index in [9.17, 15) is 14.0 Å². The van der Waals surface area contributed by atoms with Crippen molar-refractivity contribution in [2.45, 2.75) is 46.1 Å². The van der Waals surface area contributed by atoms with Crippen molar-refractivity contribution in [3.8, 4) is 0 Å². The first-order chi connectivity index (χ1) is 14.7. The van der Waals surface area contributed by atoms with Crippen molar-refractivity contribution in [1.82, 2.24) is 4.90 Å². The average Bonchev–Trinajstić information content (AvgIpc) is 2.65. The smallest absolute Gasteiger partial charge is 0.253 e. The second-order valence-electron chi connectivity index (χ2n) is 9.79. The maximum Gasteiger partial charge on any atom is 0.253 e. The molecule has 0 radical (unpaired) electrons. The first-order valence-corrected chi connectivity index (χ1v) is 11.1. The van der Waals surface area contributed by atoms with Gasteiger partial charge < -0.3 is 20.7 Å². The molecule has 2 amide bonds. The van der Waals surface area contributed by atoms with E-state index in [1.807, 2.05) is 0 Å². The molecule has 2 fully saturated rings. The first kappa shape index (κ1) is 23.6. The summed E-state index contributed by atoms with van der Waals surface area (Å²) in [4.78, 5) is 28.6. The maximum atomic E-state index is 14.7. The third kappa shape index (κ3) is 6.24. The Morgan fingerprint density at radius 2 is 2.13 bits per heavy atom. The number of rotatable bonds is 8. The number of ether oxygens (including phenoxy) is 1. The summed E-state index contributed by atoms with van der Waals surface area (Å²) in [6.45, 7) is 8.85. The number of halogens is 1. The van der Waals surface area contributed by atoms with Gasteiger partial charge in [-0.05, 0) is 42.4 Å². The normalized spacial score (nSPS) is 18.8. The lowest BCUT2D eigenvalue weighted by molar-refractivity contribution is -0.125. The third-order valence-electron chi connectivity index (χ3n) is 5.85. The van der Waals surface area contributed by atoms with Crippen LogP contribution in [0.5, 0.6) is 0 Å². The fourth-order valence-electron chi connectivity index (χ4n) is 4.14. The van der Waals surface area contributed by atoms with Crippen molar-refractivity contribution in [2.24, 2.45) is 17.1 Å². The number of carbonyl (C=O) groups excluding carboxylic acids is 2. The molecule has 0 bridgehead atoms. The molecule has 1 heterocycles. The SMILES string of the molecule is CC(C)(C)CN(CC1CCC1)[C@@H](CN)C(=O)Nc1ccc(N2CCOCC2=O)c(F)c1.